The number of benzene rings is 1. The van der Waals surface area contributed by atoms with Crippen LogP contribution in [0.25, 0.3) is 10.9 Å². The fraction of sp³-hybridized carbons (Fsp3) is 0.0556. The van der Waals surface area contributed by atoms with Gasteiger partial charge in [0.2, 0.25) is 5.95 Å². The highest BCUT2D eigenvalue weighted by Gasteiger charge is 2.19. The maximum atomic E-state index is 4.28. The predicted octanol–water partition coefficient (Wildman–Crippen LogP) is 3.55. The van der Waals surface area contributed by atoms with E-state index in [0.29, 0.717) is 5.95 Å². The zero-order chi connectivity index (χ0) is 15.5. The number of pyridine rings is 1. The minimum absolute atomic E-state index is 0.0813. The SMILES string of the molecule is c1cnc(NC(c2cccnc2)c2c[nH]c3ccccc23)nc1. The number of nitrogens with zero attached hydrogens (tertiary/aromatic N) is 3. The van der Waals surface area contributed by atoms with E-state index in [1.54, 1.807) is 24.7 Å². The van der Waals surface area contributed by atoms with Crippen LogP contribution in [-0.4, -0.2) is 19.9 Å². The Bertz CT molecular complexity index is 902. The molecule has 0 amide bonds. The van der Waals surface area contributed by atoms with Crippen LogP contribution in [0, 0.1) is 0 Å². The van der Waals surface area contributed by atoms with E-state index in [4.69, 9.17) is 0 Å². The molecule has 0 aliphatic rings. The van der Waals surface area contributed by atoms with Gasteiger partial charge < -0.3 is 10.3 Å². The molecule has 23 heavy (non-hydrogen) atoms. The molecule has 112 valence electrons. The highest BCUT2D eigenvalue weighted by molar-refractivity contribution is 5.84. The lowest BCUT2D eigenvalue weighted by molar-refractivity contribution is 0.907. The third-order valence-electron chi connectivity index (χ3n) is 3.79. The van der Waals surface area contributed by atoms with Crippen molar-refractivity contribution in [2.75, 3.05) is 5.32 Å². The molecule has 4 rings (SSSR count). The van der Waals surface area contributed by atoms with Crippen molar-refractivity contribution in [2.45, 2.75) is 6.04 Å². The van der Waals surface area contributed by atoms with Gasteiger partial charge in [0.1, 0.15) is 0 Å². The largest absolute Gasteiger partial charge is 0.361 e. The van der Waals surface area contributed by atoms with Gasteiger partial charge in [-0.1, -0.05) is 24.3 Å². The van der Waals surface area contributed by atoms with Crippen molar-refractivity contribution in [2.24, 2.45) is 0 Å². The zero-order valence-electron chi connectivity index (χ0n) is 12.3. The monoisotopic (exact) mass is 301 g/mol. The van der Waals surface area contributed by atoms with E-state index in [-0.39, 0.29) is 6.04 Å². The molecule has 0 bridgehead atoms. The Hall–Kier alpha value is -3.21. The number of rotatable bonds is 4. The van der Waals surface area contributed by atoms with Crippen molar-refractivity contribution < 1.29 is 0 Å². The van der Waals surface area contributed by atoms with Crippen LogP contribution < -0.4 is 5.32 Å². The maximum Gasteiger partial charge on any atom is 0.223 e. The summed E-state index contributed by atoms with van der Waals surface area (Å²) in [7, 11) is 0. The van der Waals surface area contributed by atoms with Crippen molar-refractivity contribution in [1.82, 2.24) is 19.9 Å². The van der Waals surface area contributed by atoms with Gasteiger partial charge in [0.15, 0.2) is 0 Å². The summed E-state index contributed by atoms with van der Waals surface area (Å²) in [5.41, 5.74) is 3.30. The molecule has 1 unspecified atom stereocenters. The number of hydrogen-bond acceptors (Lipinski definition) is 4. The van der Waals surface area contributed by atoms with Crippen LogP contribution in [0.15, 0.2) is 73.4 Å². The molecule has 0 saturated heterocycles. The second-order valence-corrected chi connectivity index (χ2v) is 5.23. The Morgan fingerprint density at radius 1 is 0.913 bits per heavy atom. The molecule has 5 heteroatoms. The molecular formula is C18H15N5. The Labute approximate surface area is 133 Å². The lowest BCUT2D eigenvalue weighted by Crippen LogP contribution is -2.14. The quantitative estimate of drug-likeness (QED) is 0.605. The first-order chi connectivity index (χ1) is 11.4. The van der Waals surface area contributed by atoms with E-state index < -0.39 is 0 Å². The molecule has 0 radical (unpaired) electrons. The average Bonchev–Trinajstić information content (AvgIpc) is 3.05. The summed E-state index contributed by atoms with van der Waals surface area (Å²) in [4.78, 5) is 16.1. The summed E-state index contributed by atoms with van der Waals surface area (Å²) in [6, 6.07) is 13.9. The van der Waals surface area contributed by atoms with Gasteiger partial charge in [0.25, 0.3) is 0 Å². The van der Waals surface area contributed by atoms with Crippen LogP contribution in [0.2, 0.25) is 0 Å². The van der Waals surface area contributed by atoms with Crippen LogP contribution in [0.5, 0.6) is 0 Å². The number of aromatic nitrogens is 4. The van der Waals surface area contributed by atoms with E-state index in [1.165, 1.54) is 5.39 Å². The van der Waals surface area contributed by atoms with Gasteiger partial charge in [-0.2, -0.15) is 0 Å². The first-order valence-electron chi connectivity index (χ1n) is 7.41. The number of nitrogens with one attached hydrogen (secondary N) is 2. The first kappa shape index (κ1) is 13.5. The van der Waals surface area contributed by atoms with Gasteiger partial charge in [0.05, 0.1) is 6.04 Å². The second-order valence-electron chi connectivity index (χ2n) is 5.23. The molecule has 3 aromatic heterocycles. The summed E-state index contributed by atoms with van der Waals surface area (Å²) in [6.45, 7) is 0. The molecule has 0 fully saturated rings. The Morgan fingerprint density at radius 3 is 2.61 bits per heavy atom. The van der Waals surface area contributed by atoms with E-state index in [0.717, 1.165) is 16.6 Å². The average molecular weight is 301 g/mol. The predicted molar refractivity (Wildman–Crippen MR) is 90.0 cm³/mol. The molecule has 2 N–H and O–H groups in total. The fourth-order valence-corrected chi connectivity index (χ4v) is 2.72. The van der Waals surface area contributed by atoms with Crippen LogP contribution in [0.3, 0.4) is 0 Å². The molecule has 0 aliphatic heterocycles. The minimum atomic E-state index is -0.0813. The summed E-state index contributed by atoms with van der Waals surface area (Å²) in [5.74, 6) is 0.589. The molecular weight excluding hydrogens is 286 g/mol. The molecule has 0 aliphatic carbocycles. The van der Waals surface area contributed by atoms with Crippen LogP contribution >= 0.6 is 0 Å². The number of anilines is 1. The molecule has 1 atom stereocenters. The number of para-hydroxylation sites is 1. The summed E-state index contributed by atoms with van der Waals surface area (Å²) < 4.78 is 0. The number of fused-ring (bicyclic) bond motifs is 1. The summed E-state index contributed by atoms with van der Waals surface area (Å²) >= 11 is 0. The Morgan fingerprint density at radius 2 is 1.78 bits per heavy atom. The molecule has 0 saturated carbocycles. The third kappa shape index (κ3) is 2.64. The van der Waals surface area contributed by atoms with Crippen LogP contribution in [-0.2, 0) is 0 Å². The van der Waals surface area contributed by atoms with Crippen molar-refractivity contribution in [1.29, 1.82) is 0 Å². The smallest absolute Gasteiger partial charge is 0.223 e. The van der Waals surface area contributed by atoms with E-state index in [9.17, 15) is 0 Å². The molecule has 0 spiro atoms. The standard InChI is InChI=1S/C18H15N5/c1-2-7-16-14(6-1)15(12-22-16)17(13-5-3-8-19-11-13)23-18-20-9-4-10-21-18/h1-12,17,22H,(H,20,21,23). The highest BCUT2D eigenvalue weighted by Crippen LogP contribution is 2.30. The van der Waals surface area contributed by atoms with E-state index >= 15 is 0 Å². The van der Waals surface area contributed by atoms with Gasteiger partial charge in [-0.3, -0.25) is 4.98 Å². The second kappa shape index (κ2) is 5.88. The van der Waals surface area contributed by atoms with Crippen molar-refractivity contribution in [3.05, 3.63) is 84.6 Å². The maximum absolute atomic E-state index is 4.28. The van der Waals surface area contributed by atoms with Gasteiger partial charge >= 0.3 is 0 Å². The lowest BCUT2D eigenvalue weighted by atomic mass is 10.00. The molecule has 3 heterocycles. The van der Waals surface area contributed by atoms with Crippen LogP contribution in [0.4, 0.5) is 5.95 Å². The van der Waals surface area contributed by atoms with Gasteiger partial charge in [-0.15, -0.1) is 0 Å². The number of hydrogen-bond donors (Lipinski definition) is 2. The Kier molecular flexibility index (Phi) is 3.44. The molecule has 1 aromatic carbocycles. The van der Waals surface area contributed by atoms with Gasteiger partial charge in [-0.25, -0.2) is 9.97 Å². The molecule has 4 aromatic rings. The zero-order valence-corrected chi connectivity index (χ0v) is 12.3. The fourth-order valence-electron chi connectivity index (χ4n) is 2.72. The summed E-state index contributed by atoms with van der Waals surface area (Å²) in [5, 5.41) is 4.58. The van der Waals surface area contributed by atoms with Crippen molar-refractivity contribution in [3.8, 4) is 0 Å². The van der Waals surface area contributed by atoms with Gasteiger partial charge in [0, 0.05) is 47.5 Å². The summed E-state index contributed by atoms with van der Waals surface area (Å²) in [6.07, 6.45) is 9.12. The minimum Gasteiger partial charge on any atom is -0.361 e. The first-order valence-corrected chi connectivity index (χ1v) is 7.41. The number of H-pyrrole nitrogens is 1. The topological polar surface area (TPSA) is 66.5 Å². The van der Waals surface area contributed by atoms with E-state index in [1.807, 2.05) is 30.6 Å². The normalized spacial score (nSPS) is 12.2. The third-order valence-corrected chi connectivity index (χ3v) is 3.79. The highest BCUT2D eigenvalue weighted by atomic mass is 15.1. The van der Waals surface area contributed by atoms with Crippen molar-refractivity contribution in [3.63, 3.8) is 0 Å². The van der Waals surface area contributed by atoms with Gasteiger partial charge in [-0.05, 0) is 23.8 Å². The van der Waals surface area contributed by atoms with Crippen LogP contribution in [0.1, 0.15) is 17.2 Å². The Balaban J connectivity index is 1.82. The number of aromatic amines is 1. The van der Waals surface area contributed by atoms with E-state index in [2.05, 4.69) is 43.5 Å². The van der Waals surface area contributed by atoms with Crippen molar-refractivity contribution >= 4 is 16.9 Å². The molecule has 5 nitrogen and oxygen atoms in total. The lowest BCUT2D eigenvalue weighted by Gasteiger charge is -2.18.